The lowest BCUT2D eigenvalue weighted by Crippen LogP contribution is -2.49. The van der Waals surface area contributed by atoms with Gasteiger partial charge in [0.05, 0.1) is 10.2 Å². The summed E-state index contributed by atoms with van der Waals surface area (Å²) in [6.07, 6.45) is 1.85. The van der Waals surface area contributed by atoms with Crippen molar-refractivity contribution in [2.24, 2.45) is 0 Å². The Kier molecular flexibility index (Phi) is 5.54. The maximum Gasteiger partial charge on any atom is 0.247 e. The van der Waals surface area contributed by atoms with Crippen molar-refractivity contribution in [1.82, 2.24) is 19.6 Å². The normalized spacial score (nSPS) is 16.9. The third-order valence-corrected chi connectivity index (χ3v) is 5.37. The van der Waals surface area contributed by atoms with Gasteiger partial charge >= 0.3 is 0 Å². The van der Waals surface area contributed by atoms with Crippen molar-refractivity contribution in [3.8, 4) is 0 Å². The van der Waals surface area contributed by atoms with Crippen LogP contribution in [-0.2, 0) is 11.3 Å². The molecule has 0 spiro atoms. The van der Waals surface area contributed by atoms with E-state index < -0.39 is 0 Å². The number of amides is 1. The maximum absolute atomic E-state index is 13.3. The van der Waals surface area contributed by atoms with E-state index in [-0.39, 0.29) is 17.8 Å². The fourth-order valence-electron chi connectivity index (χ4n) is 3.06. The minimum absolute atomic E-state index is 0.0837. The number of aromatic nitrogens is 2. The zero-order chi connectivity index (χ0) is 18.0. The van der Waals surface area contributed by atoms with Crippen LogP contribution in [0.5, 0.6) is 0 Å². The van der Waals surface area contributed by atoms with Gasteiger partial charge in [-0.05, 0) is 47.5 Å². The molecule has 134 valence electrons. The molecule has 1 aliphatic heterocycles. The smallest absolute Gasteiger partial charge is 0.247 e. The molecular weight excluding hydrogens is 387 g/mol. The molecule has 7 heteroatoms. The minimum atomic E-state index is -0.320. The van der Waals surface area contributed by atoms with Crippen molar-refractivity contribution in [2.45, 2.75) is 26.4 Å². The summed E-state index contributed by atoms with van der Waals surface area (Å²) >= 11 is 3.43. The first-order chi connectivity index (χ1) is 11.9. The highest BCUT2D eigenvalue weighted by atomic mass is 79.9. The van der Waals surface area contributed by atoms with Gasteiger partial charge in [-0.15, -0.1) is 0 Å². The molecule has 0 N–H and O–H groups in total. The number of aryl methyl sites for hydroxylation is 1. The molecule has 1 fully saturated rings. The van der Waals surface area contributed by atoms with E-state index in [1.54, 1.807) is 16.8 Å². The Labute approximate surface area is 155 Å². The topological polar surface area (TPSA) is 41.4 Å². The molecule has 2 aromatic rings. The predicted octanol–water partition coefficient (Wildman–Crippen LogP) is 3.00. The summed E-state index contributed by atoms with van der Waals surface area (Å²) in [5, 5.41) is 4.38. The number of halogens is 2. The zero-order valence-corrected chi connectivity index (χ0v) is 16.0. The number of carbonyl (C=O) groups excluding carboxylic acids is 1. The van der Waals surface area contributed by atoms with Crippen molar-refractivity contribution in [2.75, 3.05) is 26.2 Å². The Morgan fingerprint density at radius 2 is 2.04 bits per heavy atom. The average molecular weight is 409 g/mol. The molecule has 0 saturated carbocycles. The van der Waals surface area contributed by atoms with Gasteiger partial charge in [-0.25, -0.2) is 4.39 Å². The van der Waals surface area contributed by atoms with Gasteiger partial charge in [0.1, 0.15) is 11.9 Å². The van der Waals surface area contributed by atoms with Crippen LogP contribution in [-0.4, -0.2) is 51.7 Å². The van der Waals surface area contributed by atoms with E-state index in [0.717, 1.165) is 28.8 Å². The number of nitrogens with zero attached hydrogens (tertiary/aromatic N) is 4. The molecule has 1 unspecified atom stereocenters. The molecule has 25 heavy (non-hydrogen) atoms. The van der Waals surface area contributed by atoms with Crippen LogP contribution in [0.3, 0.4) is 0 Å². The Hall–Kier alpha value is -1.73. The number of carbonyl (C=O) groups is 1. The molecule has 1 aliphatic rings. The fourth-order valence-corrected chi connectivity index (χ4v) is 3.34. The maximum atomic E-state index is 13.3. The number of hydrogen-bond acceptors (Lipinski definition) is 3. The van der Waals surface area contributed by atoms with Crippen molar-refractivity contribution >= 4 is 21.8 Å². The molecule has 1 aromatic carbocycles. The van der Waals surface area contributed by atoms with Gasteiger partial charge in [-0.3, -0.25) is 14.4 Å². The molecule has 3 rings (SSSR count). The van der Waals surface area contributed by atoms with Crippen molar-refractivity contribution in [1.29, 1.82) is 0 Å². The van der Waals surface area contributed by atoms with Crippen LogP contribution in [0.4, 0.5) is 4.39 Å². The van der Waals surface area contributed by atoms with E-state index in [1.807, 2.05) is 31.0 Å². The lowest BCUT2D eigenvalue weighted by atomic mass is 10.2. The quantitative estimate of drug-likeness (QED) is 0.780. The largest absolute Gasteiger partial charge is 0.338 e. The first kappa shape index (κ1) is 18.1. The van der Waals surface area contributed by atoms with Crippen LogP contribution in [0.15, 0.2) is 34.9 Å². The molecule has 1 saturated heterocycles. The molecular formula is C18H22BrFN4O. The van der Waals surface area contributed by atoms with E-state index in [1.165, 1.54) is 6.07 Å². The Bertz CT molecular complexity index is 736. The predicted molar refractivity (Wildman–Crippen MR) is 97.6 cm³/mol. The molecule has 5 nitrogen and oxygen atoms in total. The average Bonchev–Trinajstić information content (AvgIpc) is 2.93. The minimum Gasteiger partial charge on any atom is -0.338 e. The third-order valence-electron chi connectivity index (χ3n) is 4.59. The Balaban J connectivity index is 1.55. The second-order valence-corrected chi connectivity index (χ2v) is 7.30. The fraction of sp³-hybridized carbons (Fsp3) is 0.444. The molecule has 2 heterocycles. The number of benzene rings is 1. The second kappa shape index (κ2) is 7.66. The van der Waals surface area contributed by atoms with Gasteiger partial charge in [0.2, 0.25) is 5.91 Å². The highest BCUT2D eigenvalue weighted by Crippen LogP contribution is 2.19. The molecule has 1 amide bonds. The molecule has 0 radical (unpaired) electrons. The van der Waals surface area contributed by atoms with Crippen LogP contribution in [0.25, 0.3) is 0 Å². The highest BCUT2D eigenvalue weighted by Gasteiger charge is 2.26. The first-order valence-electron chi connectivity index (χ1n) is 8.41. The van der Waals surface area contributed by atoms with Gasteiger partial charge in [0.25, 0.3) is 0 Å². The molecule has 0 bridgehead atoms. The van der Waals surface area contributed by atoms with Gasteiger partial charge in [-0.1, -0.05) is 12.1 Å². The van der Waals surface area contributed by atoms with Crippen LogP contribution < -0.4 is 0 Å². The lowest BCUT2D eigenvalue weighted by molar-refractivity contribution is -0.136. The van der Waals surface area contributed by atoms with Crippen LogP contribution >= 0.6 is 15.9 Å². The van der Waals surface area contributed by atoms with Crippen molar-refractivity contribution in [3.05, 3.63) is 52.0 Å². The Morgan fingerprint density at radius 3 is 2.64 bits per heavy atom. The van der Waals surface area contributed by atoms with E-state index in [9.17, 15) is 9.18 Å². The number of hydrogen-bond donors (Lipinski definition) is 0. The van der Waals surface area contributed by atoms with Crippen molar-refractivity contribution < 1.29 is 9.18 Å². The van der Waals surface area contributed by atoms with Gasteiger partial charge in [0, 0.05) is 38.9 Å². The number of piperazine rings is 1. The zero-order valence-electron chi connectivity index (χ0n) is 14.5. The lowest BCUT2D eigenvalue weighted by Gasteiger charge is -2.36. The molecule has 0 aliphatic carbocycles. The van der Waals surface area contributed by atoms with E-state index in [2.05, 4.69) is 25.9 Å². The standard InChI is InChI=1S/C18H22BrFN4O/c1-13-17(19)12-24(21-13)14(2)18(25)23-8-6-22(7-9-23)11-15-4-3-5-16(20)10-15/h3-5,10,12,14H,6-9,11H2,1-2H3. The molecule has 1 aromatic heterocycles. The Morgan fingerprint density at radius 1 is 1.32 bits per heavy atom. The van der Waals surface area contributed by atoms with Crippen molar-refractivity contribution in [3.63, 3.8) is 0 Å². The summed E-state index contributed by atoms with van der Waals surface area (Å²) in [5.74, 6) is -0.124. The second-order valence-electron chi connectivity index (χ2n) is 6.45. The van der Waals surface area contributed by atoms with Gasteiger partial charge in [0.15, 0.2) is 0 Å². The van der Waals surface area contributed by atoms with Gasteiger partial charge in [-0.2, -0.15) is 5.10 Å². The molecule has 1 atom stereocenters. The monoisotopic (exact) mass is 408 g/mol. The van der Waals surface area contributed by atoms with Crippen LogP contribution in [0, 0.1) is 12.7 Å². The first-order valence-corrected chi connectivity index (χ1v) is 9.20. The van der Waals surface area contributed by atoms with Gasteiger partial charge < -0.3 is 4.90 Å². The number of rotatable bonds is 4. The summed E-state index contributed by atoms with van der Waals surface area (Å²) in [5.41, 5.74) is 1.84. The summed E-state index contributed by atoms with van der Waals surface area (Å²) in [6, 6.07) is 6.37. The highest BCUT2D eigenvalue weighted by molar-refractivity contribution is 9.10. The van der Waals surface area contributed by atoms with E-state index in [0.29, 0.717) is 19.6 Å². The van der Waals surface area contributed by atoms with E-state index >= 15 is 0 Å². The van der Waals surface area contributed by atoms with Crippen LogP contribution in [0.2, 0.25) is 0 Å². The third kappa shape index (κ3) is 4.27. The van der Waals surface area contributed by atoms with E-state index in [4.69, 9.17) is 0 Å². The SMILES string of the molecule is Cc1nn(C(C)C(=O)N2CCN(Cc3cccc(F)c3)CC2)cc1Br. The van der Waals surface area contributed by atoms with Crippen LogP contribution in [0.1, 0.15) is 24.2 Å². The summed E-state index contributed by atoms with van der Waals surface area (Å²) in [6.45, 7) is 7.43. The summed E-state index contributed by atoms with van der Waals surface area (Å²) in [4.78, 5) is 16.8. The summed E-state index contributed by atoms with van der Waals surface area (Å²) < 4.78 is 15.9. The summed E-state index contributed by atoms with van der Waals surface area (Å²) in [7, 11) is 0.